The van der Waals surface area contributed by atoms with Crippen LogP contribution in [0.1, 0.15) is 48.9 Å². The Morgan fingerprint density at radius 2 is 1.59 bits per heavy atom. The zero-order valence-corrected chi connectivity index (χ0v) is 18.7. The van der Waals surface area contributed by atoms with Gasteiger partial charge in [-0.3, -0.25) is 10.2 Å². The quantitative estimate of drug-likeness (QED) is 0.278. The number of thiophene rings is 1. The standard InChI is InChI=1S/C23H24F3N5S/c1-3-4-5-6-7-16-8-9-21(32-16)15-11-17(19-10-14(2)28-29-19)27-18(12-15)20-13-22(31-30-20)23(24,25)26/h8-13H,3-7H2,1-2H3,(H,28,29)(H,30,31). The normalized spacial score (nSPS) is 11.9. The van der Waals surface area contributed by atoms with Crippen molar-refractivity contribution in [2.45, 2.75) is 52.1 Å². The molecule has 0 radical (unpaired) electrons. The topological polar surface area (TPSA) is 70.2 Å². The van der Waals surface area contributed by atoms with E-state index < -0.39 is 11.9 Å². The van der Waals surface area contributed by atoms with Crippen molar-refractivity contribution in [3.63, 3.8) is 0 Å². The van der Waals surface area contributed by atoms with E-state index >= 15 is 0 Å². The molecule has 9 heteroatoms. The fourth-order valence-electron chi connectivity index (χ4n) is 3.48. The maximum absolute atomic E-state index is 13.1. The molecular weight excluding hydrogens is 435 g/mol. The number of pyridine rings is 1. The lowest BCUT2D eigenvalue weighted by Crippen LogP contribution is -2.04. The molecule has 0 unspecified atom stereocenters. The van der Waals surface area contributed by atoms with Gasteiger partial charge in [-0.25, -0.2) is 4.98 Å². The predicted molar refractivity (Wildman–Crippen MR) is 120 cm³/mol. The largest absolute Gasteiger partial charge is 0.432 e. The summed E-state index contributed by atoms with van der Waals surface area (Å²) < 4.78 is 39.2. The van der Waals surface area contributed by atoms with E-state index in [-0.39, 0.29) is 5.69 Å². The van der Waals surface area contributed by atoms with Gasteiger partial charge < -0.3 is 0 Å². The third-order valence-electron chi connectivity index (χ3n) is 5.16. The molecule has 0 aromatic carbocycles. The number of halogens is 3. The molecule has 0 saturated carbocycles. The summed E-state index contributed by atoms with van der Waals surface area (Å²) >= 11 is 1.70. The first kappa shape index (κ1) is 22.3. The fraction of sp³-hybridized carbons (Fsp3) is 0.348. The molecule has 0 amide bonds. The van der Waals surface area contributed by atoms with Crippen molar-refractivity contribution in [1.82, 2.24) is 25.4 Å². The van der Waals surface area contributed by atoms with Crippen molar-refractivity contribution in [2.24, 2.45) is 0 Å². The highest BCUT2D eigenvalue weighted by molar-refractivity contribution is 7.15. The van der Waals surface area contributed by atoms with Crippen LogP contribution in [0.25, 0.3) is 33.2 Å². The molecule has 0 saturated heterocycles. The Labute approximate surface area is 188 Å². The van der Waals surface area contributed by atoms with Crippen molar-refractivity contribution < 1.29 is 13.2 Å². The summed E-state index contributed by atoms with van der Waals surface area (Å²) in [6.07, 6.45) is 1.34. The van der Waals surface area contributed by atoms with Crippen LogP contribution in [0.5, 0.6) is 0 Å². The monoisotopic (exact) mass is 459 g/mol. The molecule has 0 spiro atoms. The van der Waals surface area contributed by atoms with E-state index in [1.807, 2.05) is 19.1 Å². The van der Waals surface area contributed by atoms with Gasteiger partial charge in [0.25, 0.3) is 0 Å². The Bertz CT molecular complexity index is 1190. The highest BCUT2D eigenvalue weighted by Crippen LogP contribution is 2.35. The van der Waals surface area contributed by atoms with Gasteiger partial charge in [0.05, 0.1) is 11.4 Å². The van der Waals surface area contributed by atoms with Crippen molar-refractivity contribution in [3.8, 4) is 33.2 Å². The molecule has 5 nitrogen and oxygen atoms in total. The van der Waals surface area contributed by atoms with Crippen LogP contribution in [-0.4, -0.2) is 25.4 Å². The molecule has 0 aliphatic heterocycles. The number of hydrogen-bond donors (Lipinski definition) is 2. The van der Waals surface area contributed by atoms with Gasteiger partial charge in [0.15, 0.2) is 0 Å². The lowest BCUT2D eigenvalue weighted by atomic mass is 10.1. The number of nitrogens with one attached hydrogen (secondary N) is 2. The van der Waals surface area contributed by atoms with E-state index in [9.17, 15) is 13.2 Å². The molecule has 0 fully saturated rings. The molecule has 0 atom stereocenters. The molecule has 2 N–H and O–H groups in total. The number of hydrogen-bond acceptors (Lipinski definition) is 4. The summed E-state index contributed by atoms with van der Waals surface area (Å²) in [6, 6.07) is 10.7. The number of nitrogens with zero attached hydrogens (tertiary/aromatic N) is 3. The van der Waals surface area contributed by atoms with Gasteiger partial charge in [-0.05, 0) is 61.7 Å². The predicted octanol–water partition coefficient (Wildman–Crippen LogP) is 7.04. The van der Waals surface area contributed by atoms with Crippen molar-refractivity contribution in [2.75, 3.05) is 0 Å². The molecule has 0 aliphatic carbocycles. The highest BCUT2D eigenvalue weighted by atomic mass is 32.1. The first-order valence-electron chi connectivity index (χ1n) is 10.6. The maximum Gasteiger partial charge on any atom is 0.432 e. The minimum atomic E-state index is -4.49. The SMILES string of the molecule is CCCCCCc1ccc(-c2cc(-c3cc(C)[nH]n3)nc(-c3cc(C(F)(F)F)[nH]n3)c2)s1. The Morgan fingerprint density at radius 3 is 2.22 bits per heavy atom. The minimum absolute atomic E-state index is 0.143. The average Bonchev–Trinajstić information content (AvgIpc) is 3.51. The Balaban J connectivity index is 1.70. The van der Waals surface area contributed by atoms with Gasteiger partial charge in [-0.15, -0.1) is 11.3 Å². The van der Waals surface area contributed by atoms with Crippen LogP contribution in [0, 0.1) is 6.92 Å². The van der Waals surface area contributed by atoms with Gasteiger partial charge in [0.1, 0.15) is 17.1 Å². The molecule has 32 heavy (non-hydrogen) atoms. The second-order valence-corrected chi connectivity index (χ2v) is 8.97. The summed E-state index contributed by atoms with van der Waals surface area (Å²) in [5, 5.41) is 13.1. The van der Waals surface area contributed by atoms with Gasteiger partial charge in [-0.1, -0.05) is 26.2 Å². The lowest BCUT2D eigenvalue weighted by Gasteiger charge is -2.06. The summed E-state index contributed by atoms with van der Waals surface area (Å²) in [7, 11) is 0. The van der Waals surface area contributed by atoms with Crippen LogP contribution in [0.2, 0.25) is 0 Å². The first-order chi connectivity index (χ1) is 15.3. The molecule has 168 valence electrons. The number of unbranched alkanes of at least 4 members (excludes halogenated alkanes) is 3. The summed E-state index contributed by atoms with van der Waals surface area (Å²) in [5.41, 5.74) is 2.57. The number of H-pyrrole nitrogens is 2. The van der Waals surface area contributed by atoms with Crippen LogP contribution in [0.15, 0.2) is 36.4 Å². The first-order valence-corrected chi connectivity index (χ1v) is 11.4. The van der Waals surface area contributed by atoms with E-state index in [2.05, 4.69) is 44.4 Å². The Morgan fingerprint density at radius 1 is 0.875 bits per heavy atom. The van der Waals surface area contributed by atoms with Crippen LogP contribution in [0.4, 0.5) is 13.2 Å². The molecule has 4 aromatic rings. The number of aromatic amines is 2. The zero-order chi connectivity index (χ0) is 22.7. The van der Waals surface area contributed by atoms with E-state index in [1.54, 1.807) is 17.4 Å². The van der Waals surface area contributed by atoms with E-state index in [1.165, 1.54) is 24.1 Å². The number of rotatable bonds is 8. The fourth-order valence-corrected chi connectivity index (χ4v) is 4.51. The number of aromatic nitrogens is 5. The van der Waals surface area contributed by atoms with Crippen LogP contribution < -0.4 is 0 Å². The minimum Gasteiger partial charge on any atom is -0.282 e. The Kier molecular flexibility index (Phi) is 6.45. The van der Waals surface area contributed by atoms with Gasteiger partial charge in [0.2, 0.25) is 0 Å². The molecule has 0 bridgehead atoms. The third-order valence-corrected chi connectivity index (χ3v) is 6.36. The molecule has 4 rings (SSSR count). The smallest absolute Gasteiger partial charge is 0.282 e. The average molecular weight is 460 g/mol. The van der Waals surface area contributed by atoms with Gasteiger partial charge >= 0.3 is 6.18 Å². The molecule has 0 aliphatic rings. The van der Waals surface area contributed by atoms with E-state index in [0.717, 1.165) is 35.0 Å². The molecular formula is C23H24F3N5S. The molecule has 4 aromatic heterocycles. The van der Waals surface area contributed by atoms with Gasteiger partial charge in [0, 0.05) is 15.4 Å². The van der Waals surface area contributed by atoms with Crippen molar-refractivity contribution >= 4 is 11.3 Å². The Hall–Kier alpha value is -2.94. The third kappa shape index (κ3) is 5.09. The summed E-state index contributed by atoms with van der Waals surface area (Å²) in [4.78, 5) is 6.90. The molecule has 4 heterocycles. The maximum atomic E-state index is 13.1. The second kappa shape index (κ2) is 9.28. The number of aryl methyl sites for hydroxylation is 2. The summed E-state index contributed by atoms with van der Waals surface area (Å²) in [6.45, 7) is 4.08. The number of alkyl halides is 3. The van der Waals surface area contributed by atoms with Crippen LogP contribution in [0.3, 0.4) is 0 Å². The van der Waals surface area contributed by atoms with Crippen molar-refractivity contribution in [1.29, 1.82) is 0 Å². The van der Waals surface area contributed by atoms with E-state index in [0.29, 0.717) is 17.1 Å². The van der Waals surface area contributed by atoms with Crippen LogP contribution >= 0.6 is 11.3 Å². The highest BCUT2D eigenvalue weighted by Gasteiger charge is 2.33. The lowest BCUT2D eigenvalue weighted by molar-refractivity contribution is -0.141. The van der Waals surface area contributed by atoms with Crippen molar-refractivity contribution in [3.05, 3.63) is 52.7 Å². The zero-order valence-electron chi connectivity index (χ0n) is 17.9. The van der Waals surface area contributed by atoms with Gasteiger partial charge in [-0.2, -0.15) is 23.4 Å². The van der Waals surface area contributed by atoms with Crippen LogP contribution in [-0.2, 0) is 12.6 Å². The second-order valence-electron chi connectivity index (χ2n) is 7.80. The summed E-state index contributed by atoms with van der Waals surface area (Å²) in [5.74, 6) is 0. The van der Waals surface area contributed by atoms with E-state index in [4.69, 9.17) is 0 Å².